The van der Waals surface area contributed by atoms with Crippen molar-refractivity contribution in [3.05, 3.63) is 38.6 Å². The number of anilines is 1. The molecule has 0 saturated carbocycles. The number of halogens is 1. The summed E-state index contributed by atoms with van der Waals surface area (Å²) in [6.07, 6.45) is 1.47. The first-order valence-corrected chi connectivity index (χ1v) is 6.89. The highest BCUT2D eigenvalue weighted by atomic mass is 35.5. The molecule has 0 aromatic carbocycles. The van der Waals surface area contributed by atoms with Crippen molar-refractivity contribution in [3.8, 4) is 0 Å². The zero-order chi connectivity index (χ0) is 15.6. The smallest absolute Gasteiger partial charge is 0.287 e. The van der Waals surface area contributed by atoms with Crippen LogP contribution in [0.2, 0.25) is 5.02 Å². The lowest BCUT2D eigenvalue weighted by molar-refractivity contribution is 0.266. The molecule has 0 aliphatic heterocycles. The summed E-state index contributed by atoms with van der Waals surface area (Å²) in [5.41, 5.74) is 1.70. The largest absolute Gasteiger partial charge is 0.394 e. The van der Waals surface area contributed by atoms with Crippen LogP contribution in [-0.2, 0) is 6.54 Å². The van der Waals surface area contributed by atoms with Gasteiger partial charge in [0, 0.05) is 5.56 Å². The van der Waals surface area contributed by atoms with E-state index >= 15 is 0 Å². The van der Waals surface area contributed by atoms with Crippen molar-refractivity contribution >= 4 is 17.3 Å². The number of rotatable bonds is 5. The number of nitrogens with zero attached hydrogens (tertiary/aromatic N) is 3. The van der Waals surface area contributed by atoms with Crippen LogP contribution in [0.4, 0.5) is 5.69 Å². The Morgan fingerprint density at radius 3 is 2.81 bits per heavy atom. The Kier molecular flexibility index (Phi) is 4.64. The Morgan fingerprint density at radius 1 is 1.52 bits per heavy atom. The van der Waals surface area contributed by atoms with Gasteiger partial charge in [0.25, 0.3) is 5.56 Å². The number of aryl methyl sites for hydroxylation is 2. The summed E-state index contributed by atoms with van der Waals surface area (Å²) in [5.74, 6) is 0.713. The molecule has 2 heterocycles. The molecule has 21 heavy (non-hydrogen) atoms. The highest BCUT2D eigenvalue weighted by Crippen LogP contribution is 2.26. The van der Waals surface area contributed by atoms with Crippen LogP contribution in [0.25, 0.3) is 0 Å². The van der Waals surface area contributed by atoms with Crippen molar-refractivity contribution < 1.29 is 9.63 Å². The van der Waals surface area contributed by atoms with Gasteiger partial charge in [-0.05, 0) is 20.8 Å². The molecule has 0 aliphatic rings. The van der Waals surface area contributed by atoms with E-state index in [1.165, 1.54) is 6.20 Å². The summed E-state index contributed by atoms with van der Waals surface area (Å²) < 4.78 is 6.25. The van der Waals surface area contributed by atoms with E-state index in [1.54, 1.807) is 0 Å². The summed E-state index contributed by atoms with van der Waals surface area (Å²) in [4.78, 5) is 12.0. The van der Waals surface area contributed by atoms with Crippen molar-refractivity contribution in [1.82, 2.24) is 14.9 Å². The molecule has 0 amide bonds. The van der Waals surface area contributed by atoms with E-state index in [2.05, 4.69) is 15.6 Å². The topological polar surface area (TPSA) is 93.2 Å². The summed E-state index contributed by atoms with van der Waals surface area (Å²) in [6.45, 7) is 5.53. The number of hydrogen-bond acceptors (Lipinski definition) is 6. The maximum atomic E-state index is 12.0. The molecule has 2 aromatic heterocycles. The monoisotopic (exact) mass is 312 g/mol. The molecule has 7 nitrogen and oxygen atoms in total. The van der Waals surface area contributed by atoms with Crippen LogP contribution < -0.4 is 10.9 Å². The molecule has 2 aromatic rings. The Labute approximate surface area is 126 Å². The quantitative estimate of drug-likeness (QED) is 0.872. The number of hydrogen-bond donors (Lipinski definition) is 2. The van der Waals surface area contributed by atoms with Gasteiger partial charge in [-0.15, -0.1) is 0 Å². The predicted octanol–water partition coefficient (Wildman–Crippen LogP) is 1.67. The molecular formula is C13H17ClN4O3. The molecule has 2 N–H and O–H groups in total. The lowest BCUT2D eigenvalue weighted by Gasteiger charge is -2.16. The second-order valence-corrected chi connectivity index (χ2v) is 5.11. The Morgan fingerprint density at radius 2 is 2.24 bits per heavy atom. The van der Waals surface area contributed by atoms with Crippen molar-refractivity contribution in [3.63, 3.8) is 0 Å². The maximum Gasteiger partial charge on any atom is 0.287 e. The van der Waals surface area contributed by atoms with E-state index in [1.807, 2.05) is 20.8 Å². The minimum Gasteiger partial charge on any atom is -0.394 e. The standard InChI is InChI=1S/C13H17ClN4O3/c1-7(11-8(2)17-21-9(11)3)16-10-6-15-18(4-5-19)13(20)12(10)14/h6-7,16,19H,4-5H2,1-3H3. The molecule has 0 bridgehead atoms. The van der Waals surface area contributed by atoms with Gasteiger partial charge in [0.05, 0.1) is 36.8 Å². The molecule has 0 saturated heterocycles. The van der Waals surface area contributed by atoms with Gasteiger partial charge in [-0.2, -0.15) is 5.10 Å². The van der Waals surface area contributed by atoms with E-state index < -0.39 is 5.56 Å². The summed E-state index contributed by atoms with van der Waals surface area (Å²) in [6, 6.07) is -0.136. The second-order valence-electron chi connectivity index (χ2n) is 4.73. The minimum absolute atomic E-state index is 0.0389. The van der Waals surface area contributed by atoms with Crippen molar-refractivity contribution in [1.29, 1.82) is 0 Å². The fourth-order valence-electron chi connectivity index (χ4n) is 2.23. The van der Waals surface area contributed by atoms with Crippen LogP contribution in [0.5, 0.6) is 0 Å². The summed E-state index contributed by atoms with van der Waals surface area (Å²) >= 11 is 6.06. The van der Waals surface area contributed by atoms with E-state index in [0.717, 1.165) is 15.9 Å². The molecule has 1 unspecified atom stereocenters. The zero-order valence-electron chi connectivity index (χ0n) is 12.1. The fraction of sp³-hybridized carbons (Fsp3) is 0.462. The second kappa shape index (κ2) is 6.28. The van der Waals surface area contributed by atoms with E-state index in [0.29, 0.717) is 11.4 Å². The van der Waals surface area contributed by atoms with Gasteiger partial charge in [-0.25, -0.2) is 4.68 Å². The van der Waals surface area contributed by atoms with Crippen LogP contribution in [0.1, 0.15) is 30.0 Å². The van der Waals surface area contributed by atoms with Gasteiger partial charge in [0.15, 0.2) is 0 Å². The van der Waals surface area contributed by atoms with Crippen LogP contribution in [0, 0.1) is 13.8 Å². The Bertz CT molecular complexity index is 676. The Balaban J connectivity index is 2.28. The number of aromatic nitrogens is 3. The van der Waals surface area contributed by atoms with Gasteiger partial charge in [-0.3, -0.25) is 4.79 Å². The number of nitrogens with one attached hydrogen (secondary N) is 1. The molecule has 0 radical (unpaired) electrons. The highest BCUT2D eigenvalue weighted by molar-refractivity contribution is 6.32. The van der Waals surface area contributed by atoms with Crippen molar-refractivity contribution in [2.75, 3.05) is 11.9 Å². The predicted molar refractivity (Wildman–Crippen MR) is 78.6 cm³/mol. The maximum absolute atomic E-state index is 12.0. The lowest BCUT2D eigenvalue weighted by atomic mass is 10.1. The fourth-order valence-corrected chi connectivity index (χ4v) is 2.43. The average molecular weight is 313 g/mol. The van der Waals surface area contributed by atoms with E-state index in [9.17, 15) is 4.79 Å². The van der Waals surface area contributed by atoms with Gasteiger partial charge in [0.2, 0.25) is 0 Å². The third-order valence-electron chi connectivity index (χ3n) is 3.19. The lowest BCUT2D eigenvalue weighted by Crippen LogP contribution is -2.26. The van der Waals surface area contributed by atoms with E-state index in [-0.39, 0.29) is 24.2 Å². The molecular weight excluding hydrogens is 296 g/mol. The SMILES string of the molecule is Cc1noc(C)c1C(C)Nc1cnn(CCO)c(=O)c1Cl. The molecule has 2 rings (SSSR count). The van der Waals surface area contributed by atoms with Gasteiger partial charge in [0.1, 0.15) is 10.8 Å². The number of aliphatic hydroxyl groups is 1. The Hall–Kier alpha value is -1.86. The molecule has 114 valence electrons. The van der Waals surface area contributed by atoms with Crippen LogP contribution in [-0.4, -0.2) is 26.7 Å². The molecule has 1 atom stereocenters. The van der Waals surface area contributed by atoms with Crippen LogP contribution in [0.3, 0.4) is 0 Å². The van der Waals surface area contributed by atoms with Crippen LogP contribution >= 0.6 is 11.6 Å². The number of aliphatic hydroxyl groups excluding tert-OH is 1. The van der Waals surface area contributed by atoms with Gasteiger partial charge >= 0.3 is 0 Å². The zero-order valence-corrected chi connectivity index (χ0v) is 12.8. The van der Waals surface area contributed by atoms with Gasteiger partial charge in [-0.1, -0.05) is 16.8 Å². The first-order valence-electron chi connectivity index (χ1n) is 6.51. The minimum atomic E-state index is -0.443. The first-order chi connectivity index (χ1) is 9.95. The molecule has 8 heteroatoms. The van der Waals surface area contributed by atoms with Gasteiger partial charge < -0.3 is 14.9 Å². The molecule has 0 aliphatic carbocycles. The first kappa shape index (κ1) is 15.5. The normalized spacial score (nSPS) is 12.4. The summed E-state index contributed by atoms with van der Waals surface area (Å²) in [7, 11) is 0. The summed E-state index contributed by atoms with van der Waals surface area (Å²) in [5, 5.41) is 19.9. The van der Waals surface area contributed by atoms with Crippen LogP contribution in [0.15, 0.2) is 15.5 Å². The third kappa shape index (κ3) is 3.08. The third-order valence-corrected chi connectivity index (χ3v) is 3.56. The van der Waals surface area contributed by atoms with Crippen molar-refractivity contribution in [2.45, 2.75) is 33.4 Å². The highest BCUT2D eigenvalue weighted by Gasteiger charge is 2.18. The van der Waals surface area contributed by atoms with Crippen molar-refractivity contribution in [2.24, 2.45) is 0 Å². The molecule has 0 fully saturated rings. The average Bonchev–Trinajstić information content (AvgIpc) is 2.78. The molecule has 0 spiro atoms. The van der Waals surface area contributed by atoms with E-state index in [4.69, 9.17) is 21.2 Å².